The van der Waals surface area contributed by atoms with Crippen LogP contribution in [0.15, 0.2) is 27.3 Å². The highest BCUT2D eigenvalue weighted by atomic mass is 79.9. The van der Waals surface area contributed by atoms with Gasteiger partial charge in [-0.2, -0.15) is 0 Å². The summed E-state index contributed by atoms with van der Waals surface area (Å²) in [6.45, 7) is 3.16. The lowest BCUT2D eigenvalue weighted by molar-refractivity contribution is -0.385. The largest absolute Gasteiger partial charge is 0.486 e. The first kappa shape index (κ1) is 16.2. The molecule has 0 spiro atoms. The molecule has 0 aliphatic rings. The number of benzene rings is 1. The number of nitro benzene ring substituents is 1. The SMILES string of the molecule is CCNc1ncc(COc2c(Br)cc([N+](=O)[O-])cc2Br)s1. The molecule has 0 saturated carbocycles. The Morgan fingerprint density at radius 2 is 2.10 bits per heavy atom. The van der Waals surface area contributed by atoms with Gasteiger partial charge in [-0.3, -0.25) is 10.1 Å². The Balaban J connectivity index is 2.10. The second kappa shape index (κ2) is 7.19. The van der Waals surface area contributed by atoms with Crippen LogP contribution in [0.2, 0.25) is 0 Å². The predicted molar refractivity (Wildman–Crippen MR) is 89.1 cm³/mol. The molecule has 0 amide bonds. The van der Waals surface area contributed by atoms with E-state index >= 15 is 0 Å². The van der Waals surface area contributed by atoms with E-state index in [0.717, 1.165) is 16.6 Å². The zero-order valence-corrected chi connectivity index (χ0v) is 14.9. The van der Waals surface area contributed by atoms with Crippen molar-refractivity contribution in [3.8, 4) is 5.75 Å². The smallest absolute Gasteiger partial charge is 0.271 e. The summed E-state index contributed by atoms with van der Waals surface area (Å²) in [5, 5.41) is 14.7. The third-order valence-electron chi connectivity index (χ3n) is 2.43. The van der Waals surface area contributed by atoms with Gasteiger partial charge in [0, 0.05) is 24.9 Å². The molecule has 0 aliphatic carbocycles. The first-order valence-electron chi connectivity index (χ1n) is 5.96. The van der Waals surface area contributed by atoms with E-state index in [0.29, 0.717) is 21.3 Å². The van der Waals surface area contributed by atoms with E-state index < -0.39 is 4.92 Å². The van der Waals surface area contributed by atoms with Gasteiger partial charge in [0.15, 0.2) is 5.13 Å². The second-order valence-electron chi connectivity index (χ2n) is 3.95. The van der Waals surface area contributed by atoms with Gasteiger partial charge in [0.05, 0.1) is 18.7 Å². The van der Waals surface area contributed by atoms with Gasteiger partial charge in [-0.15, -0.1) is 0 Å². The molecule has 0 radical (unpaired) electrons. The van der Waals surface area contributed by atoms with Crippen LogP contribution in [0.25, 0.3) is 0 Å². The zero-order valence-electron chi connectivity index (χ0n) is 10.9. The molecule has 112 valence electrons. The van der Waals surface area contributed by atoms with E-state index in [1.54, 1.807) is 6.20 Å². The maximum atomic E-state index is 10.8. The Labute approximate surface area is 141 Å². The molecule has 9 heteroatoms. The summed E-state index contributed by atoms with van der Waals surface area (Å²) in [5.74, 6) is 0.527. The number of nitro groups is 1. The van der Waals surface area contributed by atoms with E-state index in [1.165, 1.54) is 23.5 Å². The minimum absolute atomic E-state index is 0.00618. The van der Waals surface area contributed by atoms with Crippen molar-refractivity contribution in [3.05, 3.63) is 42.3 Å². The highest BCUT2D eigenvalue weighted by Gasteiger charge is 2.15. The van der Waals surface area contributed by atoms with E-state index in [-0.39, 0.29) is 5.69 Å². The van der Waals surface area contributed by atoms with Gasteiger partial charge in [0.1, 0.15) is 12.4 Å². The molecule has 0 unspecified atom stereocenters. The second-order valence-corrected chi connectivity index (χ2v) is 6.77. The lowest BCUT2D eigenvalue weighted by Crippen LogP contribution is -1.96. The Hall–Kier alpha value is -1.19. The topological polar surface area (TPSA) is 77.3 Å². The average Bonchev–Trinajstić information content (AvgIpc) is 2.85. The van der Waals surface area contributed by atoms with Gasteiger partial charge in [0.25, 0.3) is 5.69 Å². The summed E-state index contributed by atoms with van der Waals surface area (Å²) >= 11 is 8.08. The third kappa shape index (κ3) is 4.14. The molecule has 2 aromatic rings. The van der Waals surface area contributed by atoms with Crippen LogP contribution in [-0.2, 0) is 6.61 Å². The van der Waals surface area contributed by atoms with Crippen molar-refractivity contribution in [2.75, 3.05) is 11.9 Å². The van der Waals surface area contributed by atoms with Gasteiger partial charge in [-0.1, -0.05) is 11.3 Å². The Morgan fingerprint density at radius 1 is 1.43 bits per heavy atom. The fourth-order valence-corrected chi connectivity index (χ4v) is 3.73. The number of anilines is 1. The molecule has 21 heavy (non-hydrogen) atoms. The van der Waals surface area contributed by atoms with E-state index in [9.17, 15) is 10.1 Å². The first-order valence-corrected chi connectivity index (χ1v) is 8.36. The Morgan fingerprint density at radius 3 is 2.67 bits per heavy atom. The summed E-state index contributed by atoms with van der Waals surface area (Å²) in [5.41, 5.74) is -0.00618. The van der Waals surface area contributed by atoms with Crippen molar-refractivity contribution in [1.29, 1.82) is 0 Å². The number of halogens is 2. The standard InChI is InChI=1S/C12H11Br2N3O3S/c1-2-15-12-16-5-8(21-12)6-20-11-9(13)3-7(17(18)19)4-10(11)14/h3-5H,2,6H2,1H3,(H,15,16). The summed E-state index contributed by atoms with van der Waals surface area (Å²) in [4.78, 5) is 15.5. The number of rotatable bonds is 6. The number of hydrogen-bond acceptors (Lipinski definition) is 6. The lowest BCUT2D eigenvalue weighted by atomic mass is 10.3. The number of thiazole rings is 1. The molecule has 6 nitrogen and oxygen atoms in total. The molecular formula is C12H11Br2N3O3S. The molecule has 1 N–H and O–H groups in total. The highest BCUT2D eigenvalue weighted by molar-refractivity contribution is 9.11. The molecule has 0 aliphatic heterocycles. The fraction of sp³-hybridized carbons (Fsp3) is 0.250. The number of nitrogens with zero attached hydrogens (tertiary/aromatic N) is 2. The summed E-state index contributed by atoms with van der Waals surface area (Å²) < 4.78 is 6.76. The first-order chi connectivity index (χ1) is 10.0. The van der Waals surface area contributed by atoms with Crippen LogP contribution in [0.4, 0.5) is 10.8 Å². The molecule has 1 heterocycles. The highest BCUT2D eigenvalue weighted by Crippen LogP contribution is 2.37. The summed E-state index contributed by atoms with van der Waals surface area (Å²) in [6.07, 6.45) is 1.75. The van der Waals surface area contributed by atoms with Crippen molar-refractivity contribution < 1.29 is 9.66 Å². The molecule has 1 aromatic carbocycles. The van der Waals surface area contributed by atoms with E-state index in [2.05, 4.69) is 42.2 Å². The van der Waals surface area contributed by atoms with Crippen LogP contribution in [-0.4, -0.2) is 16.5 Å². The van der Waals surface area contributed by atoms with Crippen molar-refractivity contribution in [1.82, 2.24) is 4.98 Å². The van der Waals surface area contributed by atoms with Gasteiger partial charge in [0.2, 0.25) is 0 Å². The minimum Gasteiger partial charge on any atom is -0.486 e. The Bertz CT molecular complexity index is 640. The van der Waals surface area contributed by atoms with Crippen molar-refractivity contribution in [2.24, 2.45) is 0 Å². The average molecular weight is 437 g/mol. The van der Waals surface area contributed by atoms with Crippen LogP contribution in [0.5, 0.6) is 5.75 Å². The number of nitrogens with one attached hydrogen (secondary N) is 1. The molecule has 0 bridgehead atoms. The van der Waals surface area contributed by atoms with Crippen molar-refractivity contribution in [3.63, 3.8) is 0 Å². The zero-order chi connectivity index (χ0) is 15.4. The molecule has 0 atom stereocenters. The van der Waals surface area contributed by atoms with Gasteiger partial charge >= 0.3 is 0 Å². The minimum atomic E-state index is -0.453. The van der Waals surface area contributed by atoms with Crippen molar-refractivity contribution >= 4 is 54.0 Å². The van der Waals surface area contributed by atoms with E-state index in [1.807, 2.05) is 6.92 Å². The monoisotopic (exact) mass is 435 g/mol. The Kier molecular flexibility index (Phi) is 5.54. The van der Waals surface area contributed by atoms with Crippen LogP contribution in [0.1, 0.15) is 11.8 Å². The number of hydrogen-bond donors (Lipinski definition) is 1. The number of non-ortho nitro benzene ring substituents is 1. The molecule has 0 saturated heterocycles. The molecule has 1 aromatic heterocycles. The quantitative estimate of drug-likeness (QED) is 0.529. The maximum absolute atomic E-state index is 10.8. The molecule has 0 fully saturated rings. The predicted octanol–water partition coefficient (Wildman–Crippen LogP) is 4.59. The van der Waals surface area contributed by atoms with Gasteiger partial charge in [-0.25, -0.2) is 4.98 Å². The fourth-order valence-electron chi connectivity index (χ4n) is 1.54. The molecule has 2 rings (SSSR count). The van der Waals surface area contributed by atoms with Gasteiger partial charge < -0.3 is 10.1 Å². The lowest BCUT2D eigenvalue weighted by Gasteiger charge is -2.09. The third-order valence-corrected chi connectivity index (χ3v) is 4.54. The summed E-state index contributed by atoms with van der Waals surface area (Å²) in [7, 11) is 0. The van der Waals surface area contributed by atoms with Gasteiger partial charge in [-0.05, 0) is 38.8 Å². The summed E-state index contributed by atoms with van der Waals surface area (Å²) in [6, 6.07) is 2.83. The molecular weight excluding hydrogens is 426 g/mol. The number of aromatic nitrogens is 1. The van der Waals surface area contributed by atoms with E-state index in [4.69, 9.17) is 4.74 Å². The van der Waals surface area contributed by atoms with Crippen LogP contribution >= 0.6 is 43.2 Å². The number of ether oxygens (including phenoxy) is 1. The van der Waals surface area contributed by atoms with Crippen LogP contribution in [0.3, 0.4) is 0 Å². The van der Waals surface area contributed by atoms with Crippen LogP contribution in [0, 0.1) is 10.1 Å². The van der Waals surface area contributed by atoms with Crippen molar-refractivity contribution in [2.45, 2.75) is 13.5 Å². The maximum Gasteiger partial charge on any atom is 0.271 e. The van der Waals surface area contributed by atoms with Crippen LogP contribution < -0.4 is 10.1 Å². The normalized spacial score (nSPS) is 10.4.